The summed E-state index contributed by atoms with van der Waals surface area (Å²) in [6.07, 6.45) is 0.431. The zero-order valence-corrected chi connectivity index (χ0v) is 12.0. The van der Waals surface area contributed by atoms with Crippen molar-refractivity contribution in [1.29, 1.82) is 5.41 Å². The van der Waals surface area contributed by atoms with Crippen LogP contribution >= 0.6 is 11.8 Å². The molecular weight excluding hydrogens is 258 g/mol. The molecule has 0 bridgehead atoms. The van der Waals surface area contributed by atoms with Crippen molar-refractivity contribution in [3.63, 3.8) is 0 Å². The molecule has 1 fully saturated rings. The minimum absolute atomic E-state index is 0.0136. The maximum atomic E-state index is 12.0. The van der Waals surface area contributed by atoms with E-state index in [0.717, 1.165) is 12.3 Å². The lowest BCUT2D eigenvalue weighted by atomic mass is 10.2. The van der Waals surface area contributed by atoms with Crippen LogP contribution < -0.4 is 5.73 Å². The monoisotopic (exact) mass is 279 g/mol. The second kappa shape index (κ2) is 6.06. The highest BCUT2D eigenvalue weighted by Gasteiger charge is 2.35. The molecule has 0 aromatic heterocycles. The number of rotatable bonds is 5. The van der Waals surface area contributed by atoms with Crippen LogP contribution in [0.4, 0.5) is 0 Å². The molecule has 1 heterocycles. The fraction of sp³-hybridized carbons (Fsp3) is 0.900. The summed E-state index contributed by atoms with van der Waals surface area (Å²) < 4.78 is 24.0. The average molecular weight is 279 g/mol. The third-order valence-corrected chi connectivity index (χ3v) is 6.33. The lowest BCUT2D eigenvalue weighted by molar-refractivity contribution is 0.208. The average Bonchev–Trinajstić information content (AvgIpc) is 2.28. The van der Waals surface area contributed by atoms with Crippen LogP contribution in [0.25, 0.3) is 0 Å². The molecule has 1 rings (SSSR count). The Hall–Kier alpha value is -0.270. The first-order valence-corrected chi connectivity index (χ1v) is 8.63. The zero-order valence-electron chi connectivity index (χ0n) is 10.3. The van der Waals surface area contributed by atoms with Gasteiger partial charge in [-0.2, -0.15) is 11.8 Å². The van der Waals surface area contributed by atoms with E-state index in [4.69, 9.17) is 11.1 Å². The molecule has 0 aromatic rings. The fourth-order valence-corrected chi connectivity index (χ4v) is 5.16. The largest absolute Gasteiger partial charge is 0.388 e. The number of nitrogens with one attached hydrogen (secondary N) is 1. The third kappa shape index (κ3) is 3.86. The summed E-state index contributed by atoms with van der Waals surface area (Å²) in [7, 11) is -3.06. The van der Waals surface area contributed by atoms with E-state index >= 15 is 0 Å². The Bertz CT molecular complexity index is 370. The molecule has 0 amide bonds. The topological polar surface area (TPSA) is 87.2 Å². The van der Waals surface area contributed by atoms with Gasteiger partial charge in [0, 0.05) is 36.3 Å². The molecule has 0 aromatic carbocycles. The van der Waals surface area contributed by atoms with E-state index in [1.165, 1.54) is 0 Å². The molecule has 0 radical (unpaired) electrons. The first-order chi connectivity index (χ1) is 7.88. The molecule has 1 saturated heterocycles. The van der Waals surface area contributed by atoms with Crippen LogP contribution in [0.2, 0.25) is 0 Å². The molecule has 0 saturated carbocycles. The minimum atomic E-state index is -3.06. The molecular formula is C10H21N3O2S2. The van der Waals surface area contributed by atoms with Crippen LogP contribution in [0.15, 0.2) is 0 Å². The van der Waals surface area contributed by atoms with Crippen LogP contribution in [0.5, 0.6) is 0 Å². The van der Waals surface area contributed by atoms with Gasteiger partial charge in [0.2, 0.25) is 0 Å². The van der Waals surface area contributed by atoms with E-state index in [1.54, 1.807) is 18.7 Å². The molecule has 100 valence electrons. The summed E-state index contributed by atoms with van der Waals surface area (Å²) in [5.41, 5.74) is 5.39. The lowest BCUT2D eigenvalue weighted by Gasteiger charge is -2.38. The molecule has 17 heavy (non-hydrogen) atoms. The van der Waals surface area contributed by atoms with E-state index in [9.17, 15) is 8.42 Å². The van der Waals surface area contributed by atoms with Gasteiger partial charge in [-0.25, -0.2) is 8.42 Å². The Morgan fingerprint density at radius 2 is 2.29 bits per heavy atom. The molecule has 5 nitrogen and oxygen atoms in total. The van der Waals surface area contributed by atoms with Crippen LogP contribution in [0, 0.1) is 5.41 Å². The second-order valence-corrected chi connectivity index (χ2v) is 7.89. The smallest absolute Gasteiger partial charge is 0.166 e. The normalized spacial score (nSPS) is 24.5. The zero-order chi connectivity index (χ0) is 13.1. The molecule has 7 heteroatoms. The molecule has 1 aliphatic heterocycles. The number of amidine groups is 1. The van der Waals surface area contributed by atoms with Crippen molar-refractivity contribution in [2.45, 2.75) is 31.7 Å². The highest BCUT2D eigenvalue weighted by atomic mass is 32.2. The minimum Gasteiger partial charge on any atom is -0.388 e. The van der Waals surface area contributed by atoms with E-state index < -0.39 is 15.2 Å². The maximum absolute atomic E-state index is 12.0. The van der Waals surface area contributed by atoms with Crippen molar-refractivity contribution < 1.29 is 8.42 Å². The van der Waals surface area contributed by atoms with Gasteiger partial charge in [-0.1, -0.05) is 6.92 Å². The Kier molecular flexibility index (Phi) is 5.27. The van der Waals surface area contributed by atoms with Gasteiger partial charge in [-0.05, 0) is 6.92 Å². The van der Waals surface area contributed by atoms with E-state index in [1.807, 2.05) is 11.8 Å². The predicted octanol–water partition coefficient (Wildman–Crippen LogP) is 0.511. The van der Waals surface area contributed by atoms with Crippen molar-refractivity contribution in [3.05, 3.63) is 0 Å². The number of nitrogens with two attached hydrogens (primary N) is 1. The van der Waals surface area contributed by atoms with E-state index in [-0.39, 0.29) is 17.6 Å². The summed E-state index contributed by atoms with van der Waals surface area (Å²) in [5, 5.41) is 6.89. The number of hydrogen-bond acceptors (Lipinski definition) is 5. The Balaban J connectivity index is 2.83. The first kappa shape index (κ1) is 14.8. The molecule has 0 spiro atoms. The van der Waals surface area contributed by atoms with Gasteiger partial charge in [0.25, 0.3) is 0 Å². The van der Waals surface area contributed by atoms with Gasteiger partial charge in [0.15, 0.2) is 9.84 Å². The Morgan fingerprint density at radius 3 is 2.82 bits per heavy atom. The van der Waals surface area contributed by atoms with Gasteiger partial charge in [-0.3, -0.25) is 10.3 Å². The van der Waals surface area contributed by atoms with Crippen LogP contribution in [-0.2, 0) is 9.84 Å². The Morgan fingerprint density at radius 1 is 1.65 bits per heavy atom. The van der Waals surface area contributed by atoms with Crippen LogP contribution in [0.3, 0.4) is 0 Å². The van der Waals surface area contributed by atoms with Crippen molar-refractivity contribution in [1.82, 2.24) is 4.90 Å². The number of nitrogens with zero attached hydrogens (tertiary/aromatic N) is 1. The number of hydrogen-bond donors (Lipinski definition) is 2. The van der Waals surface area contributed by atoms with E-state index in [2.05, 4.69) is 0 Å². The standard InChI is InChI=1S/C10H21N3O2S2/c1-3-17(14,15)10-7-16-5-4-13(10)8(2)6-9(11)12/h8,10H,3-7H2,1-2H3,(H3,11,12). The summed E-state index contributed by atoms with van der Waals surface area (Å²) in [6, 6.07) is 0.0136. The summed E-state index contributed by atoms with van der Waals surface area (Å²) in [5.74, 6) is 1.85. The third-order valence-electron chi connectivity index (χ3n) is 3.02. The van der Waals surface area contributed by atoms with Gasteiger partial charge >= 0.3 is 0 Å². The summed E-state index contributed by atoms with van der Waals surface area (Å²) in [6.45, 7) is 4.38. The van der Waals surface area contributed by atoms with E-state index in [0.29, 0.717) is 12.2 Å². The molecule has 3 N–H and O–H groups in total. The van der Waals surface area contributed by atoms with Crippen LogP contribution in [-0.4, -0.2) is 54.4 Å². The van der Waals surface area contributed by atoms with Crippen molar-refractivity contribution in [3.8, 4) is 0 Å². The lowest BCUT2D eigenvalue weighted by Crippen LogP contribution is -2.52. The molecule has 0 aliphatic carbocycles. The second-order valence-electron chi connectivity index (χ2n) is 4.30. The first-order valence-electron chi connectivity index (χ1n) is 5.76. The van der Waals surface area contributed by atoms with Crippen molar-refractivity contribution in [2.24, 2.45) is 5.73 Å². The molecule has 2 unspecified atom stereocenters. The predicted molar refractivity (Wildman–Crippen MR) is 73.3 cm³/mol. The SMILES string of the molecule is CCS(=O)(=O)C1CSCCN1C(C)CC(=N)N. The van der Waals surface area contributed by atoms with Crippen molar-refractivity contribution >= 4 is 27.4 Å². The number of sulfone groups is 1. The van der Waals surface area contributed by atoms with Gasteiger partial charge in [-0.15, -0.1) is 0 Å². The van der Waals surface area contributed by atoms with Crippen LogP contribution in [0.1, 0.15) is 20.3 Å². The maximum Gasteiger partial charge on any atom is 0.166 e. The molecule has 2 atom stereocenters. The van der Waals surface area contributed by atoms with Gasteiger partial charge in [0.1, 0.15) is 5.37 Å². The highest BCUT2D eigenvalue weighted by molar-refractivity contribution is 8.01. The number of thioether (sulfide) groups is 1. The quantitative estimate of drug-likeness (QED) is 0.565. The van der Waals surface area contributed by atoms with Crippen molar-refractivity contribution in [2.75, 3.05) is 23.8 Å². The van der Waals surface area contributed by atoms with Gasteiger partial charge < -0.3 is 5.73 Å². The summed E-state index contributed by atoms with van der Waals surface area (Å²) >= 11 is 1.68. The summed E-state index contributed by atoms with van der Waals surface area (Å²) in [4.78, 5) is 1.98. The van der Waals surface area contributed by atoms with Gasteiger partial charge in [0.05, 0.1) is 5.84 Å². The fourth-order valence-electron chi connectivity index (χ4n) is 2.04. The Labute approximate surface area is 108 Å². The highest BCUT2D eigenvalue weighted by Crippen LogP contribution is 2.24. The molecule has 1 aliphatic rings.